The monoisotopic (exact) mass is 289 g/mol. The first kappa shape index (κ1) is 13.0. The van der Waals surface area contributed by atoms with E-state index < -0.39 is 32.1 Å². The molecule has 2 rings (SSSR count). The molecule has 3 nitrogen and oxygen atoms in total. The van der Waals surface area contributed by atoms with Crippen LogP contribution in [0, 0.1) is 11.6 Å². The largest absolute Gasteiger partial charge is 0.399 e. The molecule has 0 saturated heterocycles. The number of sulfone groups is 1. The molecule has 0 amide bonds. The standard InChI is InChI=1S/C11H9F2NO2S2/c12-9-4-7(14)5-10(13)11(9)18(15,16)6-8-2-1-3-17-8/h1-5H,6,14H2. The Kier molecular flexibility index (Phi) is 3.36. The van der Waals surface area contributed by atoms with Crippen LogP contribution in [0.5, 0.6) is 0 Å². The van der Waals surface area contributed by atoms with Gasteiger partial charge in [-0.25, -0.2) is 17.2 Å². The van der Waals surface area contributed by atoms with Crippen LogP contribution in [0.4, 0.5) is 14.5 Å². The Morgan fingerprint density at radius 1 is 1.22 bits per heavy atom. The van der Waals surface area contributed by atoms with E-state index in [1.54, 1.807) is 17.5 Å². The Labute approximate surface area is 107 Å². The molecule has 0 bridgehead atoms. The van der Waals surface area contributed by atoms with Crippen LogP contribution in [0.1, 0.15) is 4.88 Å². The highest BCUT2D eigenvalue weighted by molar-refractivity contribution is 7.90. The van der Waals surface area contributed by atoms with Gasteiger partial charge in [-0.05, 0) is 23.6 Å². The Bertz CT molecular complexity index is 643. The van der Waals surface area contributed by atoms with Gasteiger partial charge in [0.25, 0.3) is 0 Å². The van der Waals surface area contributed by atoms with Gasteiger partial charge in [0.1, 0.15) is 16.5 Å². The number of thiophene rings is 1. The first-order valence-electron chi connectivity index (χ1n) is 4.90. The van der Waals surface area contributed by atoms with Gasteiger partial charge in [0, 0.05) is 10.6 Å². The summed E-state index contributed by atoms with van der Waals surface area (Å²) in [5.74, 6) is -2.75. The minimum Gasteiger partial charge on any atom is -0.399 e. The van der Waals surface area contributed by atoms with Crippen molar-refractivity contribution in [3.63, 3.8) is 0 Å². The maximum absolute atomic E-state index is 13.5. The van der Waals surface area contributed by atoms with E-state index in [2.05, 4.69) is 0 Å². The highest BCUT2D eigenvalue weighted by Crippen LogP contribution is 2.26. The zero-order valence-electron chi connectivity index (χ0n) is 9.06. The molecule has 18 heavy (non-hydrogen) atoms. The topological polar surface area (TPSA) is 60.2 Å². The van der Waals surface area contributed by atoms with Crippen LogP contribution in [0.2, 0.25) is 0 Å². The summed E-state index contributed by atoms with van der Waals surface area (Å²) >= 11 is 1.21. The Hall–Kier alpha value is -1.47. The highest BCUT2D eigenvalue weighted by Gasteiger charge is 2.25. The lowest BCUT2D eigenvalue weighted by molar-refractivity contribution is 0.520. The van der Waals surface area contributed by atoms with Gasteiger partial charge in [-0.3, -0.25) is 0 Å². The summed E-state index contributed by atoms with van der Waals surface area (Å²) in [5, 5.41) is 1.69. The van der Waals surface area contributed by atoms with Gasteiger partial charge in [-0.15, -0.1) is 11.3 Å². The van der Waals surface area contributed by atoms with Crippen LogP contribution in [-0.4, -0.2) is 8.42 Å². The molecule has 7 heteroatoms. The van der Waals surface area contributed by atoms with E-state index in [-0.39, 0.29) is 5.69 Å². The third kappa shape index (κ3) is 2.51. The molecule has 1 aromatic carbocycles. The number of nitrogen functional groups attached to an aromatic ring is 1. The minimum atomic E-state index is -4.06. The lowest BCUT2D eigenvalue weighted by Gasteiger charge is -2.06. The predicted octanol–water partition coefficient (Wildman–Crippen LogP) is 2.58. The highest BCUT2D eigenvalue weighted by atomic mass is 32.2. The lowest BCUT2D eigenvalue weighted by Crippen LogP contribution is -2.09. The number of anilines is 1. The van der Waals surface area contributed by atoms with Crippen LogP contribution < -0.4 is 5.73 Å². The molecule has 0 radical (unpaired) electrons. The number of benzene rings is 1. The third-order valence-electron chi connectivity index (χ3n) is 2.24. The Morgan fingerprint density at radius 2 is 1.83 bits per heavy atom. The summed E-state index contributed by atoms with van der Waals surface area (Å²) in [6.45, 7) is 0. The van der Waals surface area contributed by atoms with Crippen LogP contribution in [0.15, 0.2) is 34.5 Å². The van der Waals surface area contributed by atoms with Crippen molar-refractivity contribution in [2.45, 2.75) is 10.6 Å². The van der Waals surface area contributed by atoms with Crippen molar-refractivity contribution in [2.24, 2.45) is 0 Å². The van der Waals surface area contributed by atoms with Gasteiger partial charge in [0.2, 0.25) is 0 Å². The van der Waals surface area contributed by atoms with Crippen molar-refractivity contribution in [1.29, 1.82) is 0 Å². The summed E-state index contributed by atoms with van der Waals surface area (Å²) < 4.78 is 51.0. The van der Waals surface area contributed by atoms with Gasteiger partial charge in [-0.1, -0.05) is 6.07 Å². The Morgan fingerprint density at radius 3 is 2.33 bits per heavy atom. The molecular weight excluding hydrogens is 280 g/mol. The summed E-state index contributed by atoms with van der Waals surface area (Å²) in [6.07, 6.45) is 0. The van der Waals surface area contributed by atoms with Crippen molar-refractivity contribution in [1.82, 2.24) is 0 Å². The van der Waals surface area contributed by atoms with E-state index in [0.29, 0.717) is 4.88 Å². The molecule has 0 unspecified atom stereocenters. The summed E-state index contributed by atoms with van der Waals surface area (Å²) in [7, 11) is -4.06. The number of halogens is 2. The molecule has 2 N–H and O–H groups in total. The van der Waals surface area contributed by atoms with Gasteiger partial charge in [-0.2, -0.15) is 0 Å². The molecule has 0 atom stereocenters. The number of hydrogen-bond acceptors (Lipinski definition) is 4. The van der Waals surface area contributed by atoms with E-state index in [9.17, 15) is 17.2 Å². The van der Waals surface area contributed by atoms with E-state index in [0.717, 1.165) is 12.1 Å². The van der Waals surface area contributed by atoms with Crippen LogP contribution in [0.25, 0.3) is 0 Å². The number of nitrogens with two attached hydrogens (primary N) is 1. The smallest absolute Gasteiger partial charge is 0.189 e. The Balaban J connectivity index is 2.48. The molecule has 0 aliphatic rings. The normalized spacial score (nSPS) is 11.7. The second-order valence-electron chi connectivity index (χ2n) is 3.65. The quantitative estimate of drug-likeness (QED) is 0.883. The van der Waals surface area contributed by atoms with E-state index in [4.69, 9.17) is 5.73 Å². The summed E-state index contributed by atoms with van der Waals surface area (Å²) in [5.41, 5.74) is 5.08. The van der Waals surface area contributed by atoms with Gasteiger partial charge < -0.3 is 5.73 Å². The first-order valence-corrected chi connectivity index (χ1v) is 7.43. The molecule has 0 aliphatic heterocycles. The van der Waals surface area contributed by atoms with Gasteiger partial charge in [0.05, 0.1) is 5.75 Å². The van der Waals surface area contributed by atoms with E-state index >= 15 is 0 Å². The molecule has 0 fully saturated rings. The number of hydrogen-bond donors (Lipinski definition) is 1. The SMILES string of the molecule is Nc1cc(F)c(S(=O)(=O)Cc2cccs2)c(F)c1. The van der Waals surface area contributed by atoms with Crippen molar-refractivity contribution in [3.05, 3.63) is 46.2 Å². The van der Waals surface area contributed by atoms with Crippen LogP contribution in [0.3, 0.4) is 0 Å². The average Bonchev–Trinajstić information content (AvgIpc) is 2.66. The molecule has 1 aromatic heterocycles. The molecule has 1 heterocycles. The molecule has 0 aliphatic carbocycles. The second-order valence-corrected chi connectivity index (χ2v) is 6.61. The predicted molar refractivity (Wildman–Crippen MR) is 66.0 cm³/mol. The third-order valence-corrected chi connectivity index (χ3v) is 5.01. The zero-order chi connectivity index (χ0) is 13.3. The van der Waals surface area contributed by atoms with Crippen molar-refractivity contribution < 1.29 is 17.2 Å². The lowest BCUT2D eigenvalue weighted by atomic mass is 10.3. The van der Waals surface area contributed by atoms with Crippen molar-refractivity contribution in [2.75, 3.05) is 5.73 Å². The minimum absolute atomic E-state index is 0.153. The first-order chi connectivity index (χ1) is 8.40. The van der Waals surface area contributed by atoms with Crippen LogP contribution >= 0.6 is 11.3 Å². The molecule has 96 valence electrons. The fourth-order valence-corrected chi connectivity index (χ4v) is 4.08. The average molecular weight is 289 g/mol. The summed E-state index contributed by atoms with van der Waals surface area (Å²) in [4.78, 5) is -0.407. The zero-order valence-corrected chi connectivity index (χ0v) is 10.7. The van der Waals surface area contributed by atoms with E-state index in [1.807, 2.05) is 0 Å². The summed E-state index contributed by atoms with van der Waals surface area (Å²) in [6, 6.07) is 4.86. The maximum atomic E-state index is 13.5. The van der Waals surface area contributed by atoms with Crippen molar-refractivity contribution in [3.8, 4) is 0 Å². The number of rotatable bonds is 3. The molecule has 2 aromatic rings. The maximum Gasteiger partial charge on any atom is 0.189 e. The van der Waals surface area contributed by atoms with Gasteiger partial charge >= 0.3 is 0 Å². The fourth-order valence-electron chi connectivity index (χ4n) is 1.53. The molecule has 0 spiro atoms. The van der Waals surface area contributed by atoms with Gasteiger partial charge in [0.15, 0.2) is 9.84 Å². The molecular formula is C11H9F2NO2S2. The van der Waals surface area contributed by atoms with E-state index in [1.165, 1.54) is 11.3 Å². The second kappa shape index (κ2) is 4.66. The molecule has 0 saturated carbocycles. The van der Waals surface area contributed by atoms with Crippen LogP contribution in [-0.2, 0) is 15.6 Å². The van der Waals surface area contributed by atoms with Crippen molar-refractivity contribution >= 4 is 26.9 Å². The fraction of sp³-hybridized carbons (Fsp3) is 0.0909.